The van der Waals surface area contributed by atoms with Crippen LogP contribution >= 0.6 is 0 Å². The summed E-state index contributed by atoms with van der Waals surface area (Å²) in [6.45, 7) is 4.52. The third-order valence-corrected chi connectivity index (χ3v) is 4.65. The van der Waals surface area contributed by atoms with Crippen LogP contribution in [0.5, 0.6) is 5.75 Å². The topological polar surface area (TPSA) is 42.0 Å². The van der Waals surface area contributed by atoms with Crippen molar-refractivity contribution in [3.63, 3.8) is 0 Å². The lowest BCUT2D eigenvalue weighted by molar-refractivity contribution is -0.179. The van der Waals surface area contributed by atoms with E-state index >= 15 is 0 Å². The smallest absolute Gasteiger partial charge is 0.403 e. The summed E-state index contributed by atoms with van der Waals surface area (Å²) in [6.07, 6.45) is -4.23. The number of benzene rings is 1. The normalized spacial score (nSPS) is 17.3. The molecule has 0 aliphatic carbocycles. The Morgan fingerprint density at radius 2 is 1.76 bits per heavy atom. The van der Waals surface area contributed by atoms with Crippen LogP contribution in [0.4, 0.5) is 18.9 Å². The lowest BCUT2D eigenvalue weighted by atomic mass is 10.1. The Hall–Kier alpha value is -1.96. The number of ether oxygens (including phenoxy) is 2. The first-order valence-electron chi connectivity index (χ1n) is 8.01. The van der Waals surface area contributed by atoms with Crippen LogP contribution in [0.15, 0.2) is 12.1 Å². The van der Waals surface area contributed by atoms with Crippen LogP contribution in [0.25, 0.3) is 0 Å². The SMILES string of the molecule is COC(=O)c1cc(OC)c(C)c(N2CCN(C(C)C(F)(F)F)CC2)c1. The van der Waals surface area contributed by atoms with Gasteiger partial charge in [-0.05, 0) is 26.0 Å². The van der Waals surface area contributed by atoms with Gasteiger partial charge in [0.05, 0.1) is 19.8 Å². The lowest BCUT2D eigenvalue weighted by Gasteiger charge is -2.40. The first kappa shape index (κ1) is 19.4. The molecule has 5 nitrogen and oxygen atoms in total. The molecule has 0 saturated carbocycles. The predicted octanol–water partition coefficient (Wildman–Crippen LogP) is 2.86. The summed E-state index contributed by atoms with van der Waals surface area (Å²) in [6, 6.07) is 1.84. The molecule has 1 heterocycles. The van der Waals surface area contributed by atoms with Gasteiger partial charge in [0.1, 0.15) is 11.8 Å². The van der Waals surface area contributed by atoms with Crippen molar-refractivity contribution in [2.45, 2.75) is 26.1 Å². The van der Waals surface area contributed by atoms with Gasteiger partial charge in [0, 0.05) is 37.4 Å². The van der Waals surface area contributed by atoms with Crippen molar-refractivity contribution >= 4 is 11.7 Å². The molecule has 1 aromatic carbocycles. The van der Waals surface area contributed by atoms with E-state index in [0.717, 1.165) is 11.3 Å². The van der Waals surface area contributed by atoms with Gasteiger partial charge in [-0.15, -0.1) is 0 Å². The van der Waals surface area contributed by atoms with Crippen molar-refractivity contribution in [3.8, 4) is 5.75 Å². The third kappa shape index (κ3) is 4.18. The Balaban J connectivity index is 2.21. The molecule has 0 aromatic heterocycles. The third-order valence-electron chi connectivity index (χ3n) is 4.65. The largest absolute Gasteiger partial charge is 0.496 e. The molecule has 1 aliphatic heterocycles. The van der Waals surface area contributed by atoms with Crippen LogP contribution in [0.3, 0.4) is 0 Å². The molecule has 1 aromatic rings. The van der Waals surface area contributed by atoms with Gasteiger partial charge in [0.15, 0.2) is 0 Å². The van der Waals surface area contributed by atoms with Crippen molar-refractivity contribution in [1.82, 2.24) is 4.90 Å². The zero-order valence-corrected chi connectivity index (χ0v) is 14.8. The molecule has 1 atom stereocenters. The van der Waals surface area contributed by atoms with Gasteiger partial charge >= 0.3 is 12.1 Å². The second-order valence-corrected chi connectivity index (χ2v) is 6.05. The number of alkyl halides is 3. The summed E-state index contributed by atoms with van der Waals surface area (Å²) in [7, 11) is 2.81. The van der Waals surface area contributed by atoms with E-state index in [4.69, 9.17) is 9.47 Å². The highest BCUT2D eigenvalue weighted by Crippen LogP contribution is 2.32. The molecule has 0 spiro atoms. The van der Waals surface area contributed by atoms with Gasteiger partial charge < -0.3 is 14.4 Å². The van der Waals surface area contributed by atoms with Crippen molar-refractivity contribution in [1.29, 1.82) is 0 Å². The van der Waals surface area contributed by atoms with Crippen molar-refractivity contribution in [3.05, 3.63) is 23.3 Å². The maximum absolute atomic E-state index is 12.9. The monoisotopic (exact) mass is 360 g/mol. The van der Waals surface area contributed by atoms with E-state index in [9.17, 15) is 18.0 Å². The van der Waals surface area contributed by atoms with Crippen molar-refractivity contribution in [2.75, 3.05) is 45.3 Å². The number of nitrogens with zero attached hydrogens (tertiary/aromatic N) is 2. The van der Waals surface area contributed by atoms with Gasteiger partial charge in [0.25, 0.3) is 0 Å². The molecular formula is C17H23F3N2O3. The fourth-order valence-corrected chi connectivity index (χ4v) is 3.01. The maximum Gasteiger partial charge on any atom is 0.403 e. The van der Waals surface area contributed by atoms with Crippen molar-refractivity contribution < 1.29 is 27.4 Å². The lowest BCUT2D eigenvalue weighted by Crippen LogP contribution is -2.53. The first-order chi connectivity index (χ1) is 11.7. The van der Waals surface area contributed by atoms with Crippen LogP contribution in [-0.2, 0) is 4.74 Å². The zero-order valence-electron chi connectivity index (χ0n) is 14.8. The second kappa shape index (κ2) is 7.51. The summed E-state index contributed by atoms with van der Waals surface area (Å²) >= 11 is 0. The van der Waals surface area contributed by atoms with Gasteiger partial charge in [-0.3, -0.25) is 4.90 Å². The quantitative estimate of drug-likeness (QED) is 0.773. The Labute approximate surface area is 145 Å². The van der Waals surface area contributed by atoms with E-state index in [-0.39, 0.29) is 0 Å². The number of rotatable bonds is 4. The molecule has 25 heavy (non-hydrogen) atoms. The fraction of sp³-hybridized carbons (Fsp3) is 0.588. The van der Waals surface area contributed by atoms with Gasteiger partial charge in [-0.1, -0.05) is 0 Å². The van der Waals surface area contributed by atoms with Crippen LogP contribution < -0.4 is 9.64 Å². The predicted molar refractivity (Wildman–Crippen MR) is 88.4 cm³/mol. The Morgan fingerprint density at radius 1 is 1.16 bits per heavy atom. The molecule has 8 heteroatoms. The average molecular weight is 360 g/mol. The number of carbonyl (C=O) groups is 1. The fourth-order valence-electron chi connectivity index (χ4n) is 3.01. The molecule has 1 fully saturated rings. The highest BCUT2D eigenvalue weighted by Gasteiger charge is 2.41. The zero-order chi connectivity index (χ0) is 18.8. The molecule has 140 valence electrons. The summed E-state index contributed by atoms with van der Waals surface area (Å²) in [5.74, 6) is 0.0628. The minimum Gasteiger partial charge on any atom is -0.496 e. The molecule has 2 rings (SSSR count). The number of methoxy groups -OCH3 is 2. The van der Waals surface area contributed by atoms with Crippen LogP contribution in [0.1, 0.15) is 22.8 Å². The molecule has 1 aliphatic rings. The summed E-state index contributed by atoms with van der Waals surface area (Å²) in [5, 5.41) is 0. The molecule has 0 amide bonds. The van der Waals surface area contributed by atoms with Gasteiger partial charge in [0.2, 0.25) is 0 Å². The minimum absolute atomic E-state index is 0.297. The van der Waals surface area contributed by atoms with Gasteiger partial charge in [-0.2, -0.15) is 13.2 Å². The van der Waals surface area contributed by atoms with E-state index in [2.05, 4.69) is 0 Å². The minimum atomic E-state index is -4.23. The van der Waals surface area contributed by atoms with Crippen LogP contribution in [-0.4, -0.2) is 63.5 Å². The Morgan fingerprint density at radius 3 is 2.24 bits per heavy atom. The molecule has 1 saturated heterocycles. The number of hydrogen-bond acceptors (Lipinski definition) is 5. The first-order valence-corrected chi connectivity index (χ1v) is 8.01. The van der Waals surface area contributed by atoms with E-state index in [0.29, 0.717) is 37.5 Å². The number of halogens is 3. The number of hydrogen-bond donors (Lipinski definition) is 0. The standard InChI is InChI=1S/C17H23F3N2O3/c1-11-14(9-13(16(23)25-4)10-15(11)24-3)22-7-5-21(6-8-22)12(2)17(18,19)20/h9-10,12H,5-8H2,1-4H3. The van der Waals surface area contributed by atoms with Crippen LogP contribution in [0.2, 0.25) is 0 Å². The van der Waals surface area contributed by atoms with Gasteiger partial charge in [-0.25, -0.2) is 4.79 Å². The van der Waals surface area contributed by atoms with E-state index in [1.54, 1.807) is 12.1 Å². The Kier molecular flexibility index (Phi) is 5.82. The summed E-state index contributed by atoms with van der Waals surface area (Å²) < 4.78 is 48.7. The number of piperazine rings is 1. The van der Waals surface area contributed by atoms with E-state index < -0.39 is 18.2 Å². The molecule has 1 unspecified atom stereocenters. The highest BCUT2D eigenvalue weighted by atomic mass is 19.4. The Bertz CT molecular complexity index is 626. The van der Waals surface area contributed by atoms with E-state index in [1.807, 2.05) is 11.8 Å². The number of anilines is 1. The number of carbonyl (C=O) groups excluding carboxylic acids is 1. The summed E-state index contributed by atoms with van der Waals surface area (Å²) in [5.41, 5.74) is 1.97. The van der Waals surface area contributed by atoms with Crippen LogP contribution in [0, 0.1) is 6.92 Å². The number of esters is 1. The van der Waals surface area contributed by atoms with E-state index in [1.165, 1.54) is 26.0 Å². The molecule has 0 radical (unpaired) electrons. The highest BCUT2D eigenvalue weighted by molar-refractivity contribution is 5.91. The van der Waals surface area contributed by atoms with Crippen molar-refractivity contribution in [2.24, 2.45) is 0 Å². The second-order valence-electron chi connectivity index (χ2n) is 6.05. The molecule has 0 N–H and O–H groups in total. The average Bonchev–Trinajstić information content (AvgIpc) is 2.60. The molecule has 0 bridgehead atoms. The maximum atomic E-state index is 12.9. The molecular weight excluding hydrogens is 337 g/mol. The summed E-state index contributed by atoms with van der Waals surface area (Å²) in [4.78, 5) is 15.3.